The summed E-state index contributed by atoms with van der Waals surface area (Å²) in [5.41, 5.74) is 5.70. The Kier molecular flexibility index (Phi) is 4.04. The third kappa shape index (κ3) is 3.01. The molecule has 0 saturated carbocycles. The largest absolute Gasteiger partial charge is 0.497 e. The van der Waals surface area contributed by atoms with Gasteiger partial charge in [-0.3, -0.25) is 4.99 Å². The van der Waals surface area contributed by atoms with E-state index in [0.29, 0.717) is 6.61 Å². The van der Waals surface area contributed by atoms with Crippen molar-refractivity contribution >= 4 is 13.3 Å². The van der Waals surface area contributed by atoms with Crippen LogP contribution in [0, 0.1) is 0 Å². The van der Waals surface area contributed by atoms with E-state index in [9.17, 15) is 0 Å². The molecule has 1 atom stereocenters. The van der Waals surface area contributed by atoms with Crippen LogP contribution in [0.2, 0.25) is 0 Å². The second-order valence-corrected chi connectivity index (χ2v) is 6.05. The summed E-state index contributed by atoms with van der Waals surface area (Å²) >= 11 is 0. The van der Waals surface area contributed by atoms with Gasteiger partial charge in [0.15, 0.2) is 0 Å². The highest BCUT2D eigenvalue weighted by atomic mass is 16.7. The first kappa shape index (κ1) is 14.6. The molecule has 1 unspecified atom stereocenters. The van der Waals surface area contributed by atoms with E-state index >= 15 is 0 Å². The Labute approximate surface area is 115 Å². The molecule has 5 nitrogen and oxygen atoms in total. The van der Waals surface area contributed by atoms with Crippen molar-refractivity contribution in [3.63, 3.8) is 0 Å². The van der Waals surface area contributed by atoms with E-state index < -0.39 is 7.12 Å². The van der Waals surface area contributed by atoms with Gasteiger partial charge in [-0.1, -0.05) is 0 Å². The number of nitrogens with two attached hydrogens (primary N) is 1. The van der Waals surface area contributed by atoms with Gasteiger partial charge in [0.2, 0.25) is 0 Å². The van der Waals surface area contributed by atoms with Crippen LogP contribution in [0.4, 0.5) is 0 Å². The van der Waals surface area contributed by atoms with Crippen LogP contribution in [0.25, 0.3) is 0 Å². The quantitative estimate of drug-likeness (QED) is 0.618. The smallest absolute Gasteiger partial charge is 0.405 e. The Hall–Kier alpha value is -0.845. The van der Waals surface area contributed by atoms with Gasteiger partial charge in [0.25, 0.3) is 0 Å². The van der Waals surface area contributed by atoms with Crippen molar-refractivity contribution in [2.45, 2.75) is 51.4 Å². The Morgan fingerprint density at radius 1 is 1.26 bits per heavy atom. The molecule has 106 valence electrons. The van der Waals surface area contributed by atoms with Crippen LogP contribution >= 0.6 is 0 Å². The van der Waals surface area contributed by atoms with Crippen LogP contribution in [-0.4, -0.2) is 43.8 Å². The van der Waals surface area contributed by atoms with Crippen LogP contribution in [0.1, 0.15) is 34.1 Å². The SMILES string of the molecule is CC1(C)OB(C(C=NC2CCOC2)=CN)OC1(C)C. The van der Waals surface area contributed by atoms with Gasteiger partial charge < -0.3 is 19.8 Å². The first-order valence-electron chi connectivity index (χ1n) is 6.74. The molecule has 2 saturated heterocycles. The van der Waals surface area contributed by atoms with Crippen LogP contribution in [0.5, 0.6) is 0 Å². The highest BCUT2D eigenvalue weighted by Gasteiger charge is 2.52. The Morgan fingerprint density at radius 2 is 1.89 bits per heavy atom. The lowest BCUT2D eigenvalue weighted by Crippen LogP contribution is -2.41. The van der Waals surface area contributed by atoms with Crippen molar-refractivity contribution in [1.29, 1.82) is 0 Å². The predicted molar refractivity (Wildman–Crippen MR) is 76.1 cm³/mol. The Balaban J connectivity index is 2.04. The van der Waals surface area contributed by atoms with Gasteiger partial charge in [0.05, 0.1) is 23.9 Å². The fourth-order valence-electron chi connectivity index (χ4n) is 1.99. The van der Waals surface area contributed by atoms with E-state index in [0.717, 1.165) is 18.5 Å². The molecule has 19 heavy (non-hydrogen) atoms. The summed E-state index contributed by atoms with van der Waals surface area (Å²) in [5.74, 6) is 0. The van der Waals surface area contributed by atoms with Crippen molar-refractivity contribution in [1.82, 2.24) is 0 Å². The molecule has 0 amide bonds. The van der Waals surface area contributed by atoms with Crippen LogP contribution in [-0.2, 0) is 14.0 Å². The molecule has 0 aromatic heterocycles. The number of ether oxygens (including phenoxy) is 1. The summed E-state index contributed by atoms with van der Waals surface area (Å²) < 4.78 is 17.2. The van der Waals surface area contributed by atoms with Gasteiger partial charge in [-0.2, -0.15) is 0 Å². The van der Waals surface area contributed by atoms with Crippen molar-refractivity contribution < 1.29 is 14.0 Å². The zero-order valence-corrected chi connectivity index (χ0v) is 12.2. The van der Waals surface area contributed by atoms with E-state index in [2.05, 4.69) is 4.99 Å². The Morgan fingerprint density at radius 3 is 2.37 bits per heavy atom. The third-order valence-electron chi connectivity index (χ3n) is 4.06. The molecular weight excluding hydrogens is 243 g/mol. The highest BCUT2D eigenvalue weighted by molar-refractivity contribution is 6.60. The van der Waals surface area contributed by atoms with E-state index in [1.54, 1.807) is 6.21 Å². The normalized spacial score (nSPS) is 30.4. The summed E-state index contributed by atoms with van der Waals surface area (Å²) in [5, 5.41) is 0. The van der Waals surface area contributed by atoms with Gasteiger partial charge in [-0.25, -0.2) is 0 Å². The minimum Gasteiger partial charge on any atom is -0.405 e. The summed E-state index contributed by atoms with van der Waals surface area (Å²) in [4.78, 5) is 4.48. The molecular formula is C13H23BN2O3. The fourth-order valence-corrected chi connectivity index (χ4v) is 1.99. The molecule has 0 aliphatic carbocycles. The fraction of sp³-hybridized carbons (Fsp3) is 0.769. The van der Waals surface area contributed by atoms with E-state index in [-0.39, 0.29) is 17.2 Å². The zero-order chi connectivity index (χ0) is 14.1. The first-order chi connectivity index (χ1) is 8.86. The number of allylic oxidation sites excluding steroid dienone is 1. The maximum atomic E-state index is 5.94. The van der Waals surface area contributed by atoms with Gasteiger partial charge in [0.1, 0.15) is 0 Å². The molecule has 6 heteroatoms. The average molecular weight is 266 g/mol. The number of hydrogen-bond donors (Lipinski definition) is 1. The number of hydrogen-bond acceptors (Lipinski definition) is 5. The molecule has 2 aliphatic heterocycles. The summed E-state index contributed by atoms with van der Waals surface area (Å²) in [7, 11) is -0.457. The lowest BCUT2D eigenvalue weighted by atomic mass is 9.79. The topological polar surface area (TPSA) is 66.1 Å². The maximum Gasteiger partial charge on any atom is 0.497 e. The van der Waals surface area contributed by atoms with Crippen LogP contribution in [0.3, 0.4) is 0 Å². The molecule has 0 aromatic rings. The summed E-state index contributed by atoms with van der Waals surface area (Å²) in [6, 6.07) is 0.220. The van der Waals surface area contributed by atoms with Crippen molar-refractivity contribution in [2.75, 3.05) is 13.2 Å². The summed E-state index contributed by atoms with van der Waals surface area (Å²) in [6.45, 7) is 9.52. The zero-order valence-electron chi connectivity index (χ0n) is 12.2. The Bertz CT molecular complexity index is 371. The molecule has 0 spiro atoms. The van der Waals surface area contributed by atoms with E-state index in [1.165, 1.54) is 6.20 Å². The lowest BCUT2D eigenvalue weighted by Gasteiger charge is -2.32. The highest BCUT2D eigenvalue weighted by Crippen LogP contribution is 2.38. The maximum absolute atomic E-state index is 5.94. The minimum atomic E-state index is -0.457. The number of aliphatic imine (C=N–C) groups is 1. The number of rotatable bonds is 3. The summed E-state index contributed by atoms with van der Waals surface area (Å²) in [6.07, 6.45) is 4.21. The molecule has 2 N–H and O–H groups in total. The monoisotopic (exact) mass is 266 g/mol. The number of nitrogens with zero attached hydrogens (tertiary/aromatic N) is 1. The van der Waals surface area contributed by atoms with Crippen LogP contribution < -0.4 is 5.73 Å². The molecule has 2 fully saturated rings. The van der Waals surface area contributed by atoms with E-state index in [4.69, 9.17) is 19.8 Å². The molecule has 0 aromatic carbocycles. The van der Waals surface area contributed by atoms with Crippen molar-refractivity contribution in [2.24, 2.45) is 10.7 Å². The van der Waals surface area contributed by atoms with Crippen molar-refractivity contribution in [3.05, 3.63) is 11.7 Å². The van der Waals surface area contributed by atoms with Crippen LogP contribution in [0.15, 0.2) is 16.7 Å². The molecule has 2 aliphatic rings. The second kappa shape index (κ2) is 5.27. The van der Waals surface area contributed by atoms with Gasteiger partial charge in [0, 0.05) is 18.3 Å². The van der Waals surface area contributed by atoms with E-state index in [1.807, 2.05) is 27.7 Å². The van der Waals surface area contributed by atoms with Gasteiger partial charge in [-0.15, -0.1) is 0 Å². The predicted octanol–water partition coefficient (Wildman–Crippen LogP) is 1.32. The molecule has 0 bridgehead atoms. The third-order valence-corrected chi connectivity index (χ3v) is 4.06. The van der Waals surface area contributed by atoms with Gasteiger partial charge >= 0.3 is 7.12 Å². The minimum absolute atomic E-state index is 0.220. The first-order valence-corrected chi connectivity index (χ1v) is 6.74. The molecule has 2 heterocycles. The molecule has 2 rings (SSSR count). The van der Waals surface area contributed by atoms with Crippen molar-refractivity contribution in [3.8, 4) is 0 Å². The standard InChI is InChI=1S/C13H23BN2O3/c1-12(2)13(3,4)19-14(18-12)10(7-15)8-16-11-5-6-17-9-11/h7-8,11H,5-6,9,15H2,1-4H3. The van der Waals surface area contributed by atoms with Gasteiger partial charge in [-0.05, 0) is 40.3 Å². The average Bonchev–Trinajstić information content (AvgIpc) is 2.87. The molecule has 0 radical (unpaired) electrons. The lowest BCUT2D eigenvalue weighted by molar-refractivity contribution is 0.00578. The second-order valence-electron chi connectivity index (χ2n) is 6.05.